The van der Waals surface area contributed by atoms with Crippen LogP contribution in [-0.4, -0.2) is 13.2 Å². The van der Waals surface area contributed by atoms with E-state index in [2.05, 4.69) is 4.74 Å². The lowest BCUT2D eigenvalue weighted by Crippen LogP contribution is -2.25. The van der Waals surface area contributed by atoms with E-state index in [9.17, 15) is 30.7 Å². The van der Waals surface area contributed by atoms with Gasteiger partial charge in [0.05, 0.1) is 0 Å². The molecule has 1 aliphatic carbocycles. The first kappa shape index (κ1) is 32.4. The summed E-state index contributed by atoms with van der Waals surface area (Å²) in [5.74, 6) is -11.5. The van der Waals surface area contributed by atoms with Crippen molar-refractivity contribution in [2.75, 3.05) is 13.2 Å². The maximum atomic E-state index is 15.2. The number of rotatable bonds is 9. The van der Waals surface area contributed by atoms with E-state index in [4.69, 9.17) is 4.74 Å². The van der Waals surface area contributed by atoms with E-state index < -0.39 is 63.7 Å². The third-order valence-electron chi connectivity index (χ3n) is 8.00. The molecule has 0 aliphatic heterocycles. The summed E-state index contributed by atoms with van der Waals surface area (Å²) < 4.78 is 139. The van der Waals surface area contributed by atoms with Crippen LogP contribution in [0.2, 0.25) is 0 Å². The molecule has 0 N–H and O–H groups in total. The van der Waals surface area contributed by atoms with Crippen molar-refractivity contribution in [2.45, 2.75) is 44.6 Å². The first-order valence-corrected chi connectivity index (χ1v) is 14.3. The lowest BCUT2D eigenvalue weighted by molar-refractivity contribution is -0.189. The zero-order chi connectivity index (χ0) is 32.5. The topological polar surface area (TPSA) is 18.5 Å². The van der Waals surface area contributed by atoms with Crippen molar-refractivity contribution in [1.82, 2.24) is 0 Å². The van der Waals surface area contributed by atoms with Crippen LogP contribution in [0.3, 0.4) is 0 Å². The summed E-state index contributed by atoms with van der Waals surface area (Å²) in [5.41, 5.74) is -1.65. The molecule has 4 aromatic carbocycles. The highest BCUT2D eigenvalue weighted by atomic mass is 19.3. The molecule has 1 fully saturated rings. The second kappa shape index (κ2) is 13.2. The van der Waals surface area contributed by atoms with Gasteiger partial charge >= 0.3 is 6.11 Å². The predicted octanol–water partition coefficient (Wildman–Crippen LogP) is 10.4. The van der Waals surface area contributed by atoms with E-state index in [1.54, 1.807) is 12.1 Å². The average molecular weight is 639 g/mol. The largest absolute Gasteiger partial charge is 0.432 e. The van der Waals surface area contributed by atoms with Crippen LogP contribution in [0.1, 0.15) is 49.7 Å². The molecular weight excluding hydrogens is 611 g/mol. The second-order valence-corrected chi connectivity index (χ2v) is 10.9. The van der Waals surface area contributed by atoms with Gasteiger partial charge in [0.1, 0.15) is 34.6 Å². The van der Waals surface area contributed by atoms with Crippen molar-refractivity contribution in [3.05, 3.63) is 113 Å². The van der Waals surface area contributed by atoms with Gasteiger partial charge in [-0.25, -0.2) is 30.7 Å². The summed E-state index contributed by atoms with van der Waals surface area (Å²) in [7, 11) is 0. The minimum Gasteiger partial charge on any atom is -0.429 e. The van der Waals surface area contributed by atoms with Crippen molar-refractivity contribution in [1.29, 1.82) is 0 Å². The zero-order valence-electron chi connectivity index (χ0n) is 23.9. The maximum absolute atomic E-state index is 15.2. The molecule has 0 heterocycles. The van der Waals surface area contributed by atoms with E-state index in [1.807, 2.05) is 6.92 Å². The van der Waals surface area contributed by atoms with Crippen molar-refractivity contribution >= 4 is 0 Å². The molecule has 0 saturated heterocycles. The van der Waals surface area contributed by atoms with Crippen molar-refractivity contribution in [3.63, 3.8) is 0 Å². The Morgan fingerprint density at radius 2 is 1.20 bits per heavy atom. The van der Waals surface area contributed by atoms with Crippen LogP contribution >= 0.6 is 0 Å². The molecular formula is C34H27F9O2. The average Bonchev–Trinajstić information content (AvgIpc) is 2.98. The predicted molar refractivity (Wildman–Crippen MR) is 149 cm³/mol. The third kappa shape index (κ3) is 6.98. The van der Waals surface area contributed by atoms with Crippen LogP contribution in [0.25, 0.3) is 22.3 Å². The van der Waals surface area contributed by atoms with Gasteiger partial charge in [0, 0.05) is 36.5 Å². The Balaban J connectivity index is 1.35. The molecule has 5 rings (SSSR count). The fourth-order valence-electron chi connectivity index (χ4n) is 5.68. The standard InChI is InChI=1S/C34H27F9O2/c1-2-44-17-18-3-5-19(6-4-18)20-7-9-24(26(35)11-20)21-8-10-25(27(36)12-21)22-13-28(37)32(29(38)14-22)34(42,43)45-23-15-30(39)33(41)31(40)16-23/h7-16,18-19H,2-6,17H2,1H3. The Morgan fingerprint density at radius 3 is 1.78 bits per heavy atom. The van der Waals surface area contributed by atoms with Crippen LogP contribution in [0.5, 0.6) is 5.75 Å². The lowest BCUT2D eigenvalue weighted by atomic mass is 9.78. The van der Waals surface area contributed by atoms with Gasteiger partial charge in [-0.3, -0.25) is 0 Å². The summed E-state index contributed by atoms with van der Waals surface area (Å²) in [4.78, 5) is 0. The van der Waals surface area contributed by atoms with Crippen molar-refractivity contribution in [2.24, 2.45) is 5.92 Å². The van der Waals surface area contributed by atoms with E-state index >= 15 is 8.78 Å². The van der Waals surface area contributed by atoms with E-state index in [1.165, 1.54) is 12.1 Å². The number of halogens is 9. The van der Waals surface area contributed by atoms with Crippen molar-refractivity contribution < 1.29 is 49.0 Å². The fourth-order valence-corrected chi connectivity index (χ4v) is 5.68. The molecule has 1 saturated carbocycles. The van der Waals surface area contributed by atoms with E-state index in [-0.39, 0.29) is 34.7 Å². The summed E-state index contributed by atoms with van der Waals surface area (Å²) >= 11 is 0. The molecule has 0 aromatic heterocycles. The molecule has 0 radical (unpaired) electrons. The van der Waals surface area contributed by atoms with Gasteiger partial charge < -0.3 is 9.47 Å². The van der Waals surface area contributed by atoms with Crippen LogP contribution in [0.4, 0.5) is 39.5 Å². The van der Waals surface area contributed by atoms with Crippen LogP contribution < -0.4 is 4.74 Å². The van der Waals surface area contributed by atoms with Crippen LogP contribution in [-0.2, 0) is 10.8 Å². The fraction of sp³-hybridized carbons (Fsp3) is 0.294. The molecule has 0 unspecified atom stereocenters. The van der Waals surface area contributed by atoms with Gasteiger partial charge in [0.2, 0.25) is 0 Å². The van der Waals surface area contributed by atoms with Gasteiger partial charge in [0.15, 0.2) is 17.5 Å². The number of benzene rings is 4. The molecule has 0 amide bonds. The first-order chi connectivity index (χ1) is 21.4. The molecule has 45 heavy (non-hydrogen) atoms. The van der Waals surface area contributed by atoms with Crippen LogP contribution in [0.15, 0.2) is 60.7 Å². The highest BCUT2D eigenvalue weighted by Crippen LogP contribution is 2.40. The van der Waals surface area contributed by atoms with E-state index in [0.717, 1.165) is 43.4 Å². The SMILES string of the molecule is CCOCC1CCC(c2ccc(-c3ccc(-c4cc(F)c(C(F)(F)Oc5cc(F)c(F)c(F)c5)c(F)c4)c(F)c3)c(F)c2)CC1. The molecule has 0 atom stereocenters. The Bertz CT molecular complexity index is 1650. The maximum Gasteiger partial charge on any atom is 0.432 e. The summed E-state index contributed by atoms with van der Waals surface area (Å²) in [6.45, 7) is 3.32. The molecule has 11 heteroatoms. The summed E-state index contributed by atoms with van der Waals surface area (Å²) in [6.07, 6.45) is -1.05. The van der Waals surface area contributed by atoms with Gasteiger partial charge in [-0.15, -0.1) is 0 Å². The minimum atomic E-state index is -4.79. The third-order valence-corrected chi connectivity index (χ3v) is 8.00. The Morgan fingerprint density at radius 1 is 0.644 bits per heavy atom. The van der Waals surface area contributed by atoms with Crippen molar-refractivity contribution in [3.8, 4) is 28.0 Å². The Kier molecular flexibility index (Phi) is 9.48. The molecule has 2 nitrogen and oxygen atoms in total. The highest BCUT2D eigenvalue weighted by Gasteiger charge is 2.41. The first-order valence-electron chi connectivity index (χ1n) is 14.3. The normalized spacial score (nSPS) is 17.0. The summed E-state index contributed by atoms with van der Waals surface area (Å²) in [6, 6.07) is 9.20. The minimum absolute atomic E-state index is 0.0825. The molecule has 0 spiro atoms. The molecule has 0 bridgehead atoms. The second-order valence-electron chi connectivity index (χ2n) is 10.9. The number of alkyl halides is 2. The van der Waals surface area contributed by atoms with Gasteiger partial charge in [0.25, 0.3) is 0 Å². The monoisotopic (exact) mass is 638 g/mol. The van der Waals surface area contributed by atoms with Gasteiger partial charge in [-0.1, -0.05) is 24.3 Å². The quantitative estimate of drug-likeness (QED) is 0.134. The lowest BCUT2D eigenvalue weighted by Gasteiger charge is -2.28. The highest BCUT2D eigenvalue weighted by molar-refractivity contribution is 5.72. The van der Waals surface area contributed by atoms with E-state index in [0.29, 0.717) is 31.3 Å². The Hall–Kier alpha value is -3.99. The molecule has 238 valence electrons. The number of hydrogen-bond acceptors (Lipinski definition) is 2. The van der Waals surface area contributed by atoms with Gasteiger partial charge in [-0.2, -0.15) is 8.78 Å². The van der Waals surface area contributed by atoms with Crippen LogP contribution in [0, 0.1) is 46.6 Å². The zero-order valence-corrected chi connectivity index (χ0v) is 23.9. The number of ether oxygens (including phenoxy) is 2. The summed E-state index contributed by atoms with van der Waals surface area (Å²) in [5, 5.41) is 0. The smallest absolute Gasteiger partial charge is 0.429 e. The molecule has 4 aromatic rings. The van der Waals surface area contributed by atoms with Gasteiger partial charge in [-0.05, 0) is 85.4 Å². The number of hydrogen-bond donors (Lipinski definition) is 0. The Labute approximate surface area is 253 Å². The molecule has 1 aliphatic rings.